The molecule has 0 aliphatic heterocycles. The molecule has 0 saturated carbocycles. The van der Waals surface area contributed by atoms with E-state index >= 15 is 0 Å². The SMILES string of the molecule is COC(c1nc(C)cc(C=O)n1)C(C)(C)C. The zero-order chi connectivity index (χ0) is 12.3. The number of aryl methyl sites for hydroxylation is 1. The van der Waals surface area contributed by atoms with Crippen LogP contribution >= 0.6 is 0 Å². The number of carbonyl (C=O) groups is 1. The highest BCUT2D eigenvalue weighted by atomic mass is 16.5. The zero-order valence-corrected chi connectivity index (χ0v) is 10.4. The summed E-state index contributed by atoms with van der Waals surface area (Å²) in [6.45, 7) is 7.99. The number of ether oxygens (including phenoxy) is 1. The van der Waals surface area contributed by atoms with Crippen LogP contribution in [-0.2, 0) is 4.74 Å². The van der Waals surface area contributed by atoms with Gasteiger partial charge in [-0.3, -0.25) is 4.79 Å². The van der Waals surface area contributed by atoms with E-state index in [1.54, 1.807) is 13.2 Å². The van der Waals surface area contributed by atoms with Crippen LogP contribution in [0, 0.1) is 12.3 Å². The third-order valence-corrected chi connectivity index (χ3v) is 2.27. The van der Waals surface area contributed by atoms with Gasteiger partial charge in [-0.25, -0.2) is 9.97 Å². The predicted octanol–water partition coefficient (Wildman–Crippen LogP) is 2.33. The van der Waals surface area contributed by atoms with Gasteiger partial charge in [-0.2, -0.15) is 0 Å². The van der Waals surface area contributed by atoms with Crippen LogP contribution in [-0.4, -0.2) is 23.4 Å². The van der Waals surface area contributed by atoms with E-state index in [9.17, 15) is 4.79 Å². The molecule has 1 rings (SSSR count). The molecule has 0 N–H and O–H groups in total. The van der Waals surface area contributed by atoms with Gasteiger partial charge in [-0.1, -0.05) is 20.8 Å². The average molecular weight is 222 g/mol. The molecule has 1 aromatic rings. The second-order valence-electron chi connectivity index (χ2n) is 4.89. The lowest BCUT2D eigenvalue weighted by atomic mass is 9.88. The van der Waals surface area contributed by atoms with E-state index in [-0.39, 0.29) is 11.5 Å². The van der Waals surface area contributed by atoms with Gasteiger partial charge in [-0.05, 0) is 18.4 Å². The molecule has 0 radical (unpaired) electrons. The molecule has 1 aromatic heterocycles. The van der Waals surface area contributed by atoms with E-state index in [1.807, 2.05) is 27.7 Å². The molecule has 0 aliphatic rings. The quantitative estimate of drug-likeness (QED) is 0.736. The van der Waals surface area contributed by atoms with Gasteiger partial charge in [0.2, 0.25) is 0 Å². The number of rotatable bonds is 3. The van der Waals surface area contributed by atoms with Gasteiger partial charge in [0.25, 0.3) is 0 Å². The van der Waals surface area contributed by atoms with Gasteiger partial charge < -0.3 is 4.74 Å². The summed E-state index contributed by atoms with van der Waals surface area (Å²) in [4.78, 5) is 19.3. The monoisotopic (exact) mass is 222 g/mol. The first kappa shape index (κ1) is 12.8. The summed E-state index contributed by atoms with van der Waals surface area (Å²) >= 11 is 0. The fourth-order valence-electron chi connectivity index (χ4n) is 1.64. The highest BCUT2D eigenvalue weighted by molar-refractivity contribution is 5.71. The van der Waals surface area contributed by atoms with Crippen molar-refractivity contribution in [3.63, 3.8) is 0 Å². The Labute approximate surface area is 96.1 Å². The van der Waals surface area contributed by atoms with Crippen molar-refractivity contribution in [2.75, 3.05) is 7.11 Å². The third kappa shape index (κ3) is 2.85. The molecule has 16 heavy (non-hydrogen) atoms. The highest BCUT2D eigenvalue weighted by Gasteiger charge is 2.28. The maximum absolute atomic E-state index is 10.7. The van der Waals surface area contributed by atoms with E-state index in [0.29, 0.717) is 11.5 Å². The van der Waals surface area contributed by atoms with Gasteiger partial charge in [-0.15, -0.1) is 0 Å². The van der Waals surface area contributed by atoms with Crippen molar-refractivity contribution in [3.05, 3.63) is 23.3 Å². The Morgan fingerprint density at radius 3 is 2.44 bits per heavy atom. The molecule has 1 unspecified atom stereocenters. The Bertz CT molecular complexity index is 383. The summed E-state index contributed by atoms with van der Waals surface area (Å²) in [7, 11) is 1.63. The van der Waals surface area contributed by atoms with E-state index in [0.717, 1.165) is 12.0 Å². The molecule has 0 bridgehead atoms. The average Bonchev–Trinajstić information content (AvgIpc) is 2.15. The Morgan fingerprint density at radius 2 is 2.00 bits per heavy atom. The van der Waals surface area contributed by atoms with Crippen molar-refractivity contribution in [2.24, 2.45) is 5.41 Å². The topological polar surface area (TPSA) is 52.1 Å². The Balaban J connectivity index is 3.20. The summed E-state index contributed by atoms with van der Waals surface area (Å²) in [6, 6.07) is 1.66. The maximum atomic E-state index is 10.7. The molecule has 0 spiro atoms. The molecular formula is C12H18N2O2. The maximum Gasteiger partial charge on any atom is 0.168 e. The molecule has 0 fully saturated rings. The predicted molar refractivity (Wildman–Crippen MR) is 61.4 cm³/mol. The third-order valence-electron chi connectivity index (χ3n) is 2.27. The number of carbonyl (C=O) groups excluding carboxylic acids is 1. The Hall–Kier alpha value is -1.29. The van der Waals surface area contributed by atoms with Crippen LogP contribution in [0.4, 0.5) is 0 Å². The molecule has 88 valence electrons. The largest absolute Gasteiger partial charge is 0.373 e. The first-order chi connectivity index (χ1) is 7.38. The first-order valence-electron chi connectivity index (χ1n) is 5.22. The van der Waals surface area contributed by atoms with Crippen molar-refractivity contribution in [1.82, 2.24) is 9.97 Å². The smallest absolute Gasteiger partial charge is 0.168 e. The second-order valence-corrected chi connectivity index (χ2v) is 4.89. The molecule has 0 aliphatic carbocycles. The first-order valence-corrected chi connectivity index (χ1v) is 5.22. The normalized spacial score (nSPS) is 13.6. The molecule has 4 heteroatoms. The van der Waals surface area contributed by atoms with Crippen molar-refractivity contribution in [1.29, 1.82) is 0 Å². The summed E-state index contributed by atoms with van der Waals surface area (Å²) in [5, 5.41) is 0. The molecule has 0 saturated heterocycles. The summed E-state index contributed by atoms with van der Waals surface area (Å²) in [5.41, 5.74) is 1.06. The van der Waals surface area contributed by atoms with E-state index in [2.05, 4.69) is 9.97 Å². The van der Waals surface area contributed by atoms with Gasteiger partial charge in [0, 0.05) is 12.8 Å². The van der Waals surface area contributed by atoms with Crippen LogP contribution in [0.25, 0.3) is 0 Å². The van der Waals surface area contributed by atoms with Gasteiger partial charge >= 0.3 is 0 Å². The van der Waals surface area contributed by atoms with Crippen molar-refractivity contribution in [2.45, 2.75) is 33.8 Å². The molecule has 4 nitrogen and oxygen atoms in total. The van der Waals surface area contributed by atoms with Crippen molar-refractivity contribution >= 4 is 6.29 Å². The minimum absolute atomic E-state index is 0.108. The van der Waals surface area contributed by atoms with Gasteiger partial charge in [0.1, 0.15) is 11.8 Å². The standard InChI is InChI=1S/C12H18N2O2/c1-8-6-9(7-15)14-11(13-8)10(16-5)12(2,3)4/h6-7,10H,1-5H3. The number of hydrogen-bond acceptors (Lipinski definition) is 4. The number of aldehydes is 1. The number of hydrogen-bond donors (Lipinski definition) is 0. The lowest BCUT2D eigenvalue weighted by Crippen LogP contribution is -2.23. The van der Waals surface area contributed by atoms with Crippen LogP contribution in [0.1, 0.15) is 48.9 Å². The molecule has 1 atom stereocenters. The van der Waals surface area contributed by atoms with Crippen LogP contribution in [0.2, 0.25) is 0 Å². The van der Waals surface area contributed by atoms with Gasteiger partial charge in [0.05, 0.1) is 0 Å². The second kappa shape index (κ2) is 4.70. The fraction of sp³-hybridized carbons (Fsp3) is 0.583. The Kier molecular flexibility index (Phi) is 3.75. The molecule has 1 heterocycles. The number of aromatic nitrogens is 2. The molecule has 0 amide bonds. The Morgan fingerprint density at radius 1 is 1.38 bits per heavy atom. The summed E-state index contributed by atoms with van der Waals surface area (Å²) in [5.74, 6) is 0.567. The van der Waals surface area contributed by atoms with Crippen LogP contribution in [0.5, 0.6) is 0 Å². The number of nitrogens with zero attached hydrogens (tertiary/aromatic N) is 2. The molecule has 0 aromatic carbocycles. The van der Waals surface area contributed by atoms with E-state index in [1.165, 1.54) is 0 Å². The van der Waals surface area contributed by atoms with E-state index in [4.69, 9.17) is 4.74 Å². The van der Waals surface area contributed by atoms with Crippen LogP contribution in [0.15, 0.2) is 6.07 Å². The lowest BCUT2D eigenvalue weighted by Gasteiger charge is -2.28. The van der Waals surface area contributed by atoms with Crippen molar-refractivity contribution < 1.29 is 9.53 Å². The van der Waals surface area contributed by atoms with Crippen LogP contribution < -0.4 is 0 Å². The van der Waals surface area contributed by atoms with Crippen molar-refractivity contribution in [3.8, 4) is 0 Å². The highest BCUT2D eigenvalue weighted by Crippen LogP contribution is 2.33. The lowest BCUT2D eigenvalue weighted by molar-refractivity contribution is 0.00845. The summed E-state index contributed by atoms with van der Waals surface area (Å²) in [6.07, 6.45) is 0.513. The fourth-order valence-corrected chi connectivity index (χ4v) is 1.64. The molecular weight excluding hydrogens is 204 g/mol. The summed E-state index contributed by atoms with van der Waals surface area (Å²) < 4.78 is 5.41. The van der Waals surface area contributed by atoms with E-state index < -0.39 is 0 Å². The van der Waals surface area contributed by atoms with Gasteiger partial charge in [0.15, 0.2) is 12.1 Å². The zero-order valence-electron chi connectivity index (χ0n) is 10.4. The van der Waals surface area contributed by atoms with Crippen LogP contribution in [0.3, 0.4) is 0 Å². The minimum Gasteiger partial charge on any atom is -0.373 e. The number of methoxy groups -OCH3 is 1. The minimum atomic E-state index is -0.217.